The van der Waals surface area contributed by atoms with Crippen molar-refractivity contribution in [2.75, 3.05) is 18.5 Å². The second-order valence-electron chi connectivity index (χ2n) is 14.0. The zero-order valence-corrected chi connectivity index (χ0v) is 24.1. The van der Waals surface area contributed by atoms with Gasteiger partial charge in [0.25, 0.3) is 0 Å². The second kappa shape index (κ2) is 7.67. The van der Waals surface area contributed by atoms with E-state index in [1.54, 1.807) is 48.5 Å². The Kier molecular flexibility index (Phi) is 6.00. The van der Waals surface area contributed by atoms with E-state index in [1.807, 2.05) is 5.30 Å². The van der Waals surface area contributed by atoms with Crippen LogP contribution in [0.3, 0.4) is 0 Å². The molecule has 0 aromatic heterocycles. The van der Waals surface area contributed by atoms with E-state index in [2.05, 4.69) is 79.4 Å². The maximum atomic E-state index is 2.81. The molecule has 3 aliphatic heterocycles. The van der Waals surface area contributed by atoms with Gasteiger partial charge in [-0.05, 0) is 65.1 Å². The molecule has 5 rings (SSSR count). The average molecular weight is 462 g/mol. The molecule has 3 heterocycles. The van der Waals surface area contributed by atoms with Gasteiger partial charge in [-0.25, -0.2) is 0 Å². The van der Waals surface area contributed by atoms with Gasteiger partial charge in [0.15, 0.2) is 0 Å². The van der Waals surface area contributed by atoms with Gasteiger partial charge >= 0.3 is 0 Å². The third-order valence-corrected chi connectivity index (χ3v) is 19.3. The van der Waals surface area contributed by atoms with Gasteiger partial charge in [0.2, 0.25) is 0 Å². The highest BCUT2D eigenvalue weighted by Crippen LogP contribution is 2.73. The minimum Gasteiger partial charge on any atom is -0.0910 e. The summed E-state index contributed by atoms with van der Waals surface area (Å²) in [6.07, 6.45) is 10.8. The van der Waals surface area contributed by atoms with Crippen LogP contribution in [0, 0.1) is 17.8 Å². The quantitative estimate of drug-likeness (QED) is 0.321. The first-order valence-corrected chi connectivity index (χ1v) is 19.8. The maximum Gasteiger partial charge on any atom is 0.0973 e. The molecule has 1 aromatic rings. The Morgan fingerprint density at radius 2 is 1.30 bits per heavy atom. The van der Waals surface area contributed by atoms with Crippen LogP contribution in [0.1, 0.15) is 66.4 Å². The molecule has 3 heteroatoms. The molecule has 4 bridgehead atoms. The van der Waals surface area contributed by atoms with Crippen LogP contribution >= 0.6 is 15.2 Å². The van der Waals surface area contributed by atoms with Gasteiger partial charge in [-0.1, -0.05) is 86.4 Å². The van der Waals surface area contributed by atoms with Crippen molar-refractivity contribution < 1.29 is 0 Å². The smallest absolute Gasteiger partial charge is 0.0910 e. The highest BCUT2D eigenvalue weighted by molar-refractivity contribution is 7.83. The summed E-state index contributed by atoms with van der Waals surface area (Å²) in [6, 6.07) is 7.99. The molecule has 0 amide bonds. The molecular formula is C27H47P2Si+. The molecule has 30 heavy (non-hydrogen) atoms. The molecule has 4 aliphatic rings. The van der Waals surface area contributed by atoms with Crippen molar-refractivity contribution in [1.82, 2.24) is 0 Å². The van der Waals surface area contributed by atoms with Crippen molar-refractivity contribution in [1.29, 1.82) is 0 Å². The Bertz CT molecular complexity index is 741. The summed E-state index contributed by atoms with van der Waals surface area (Å²) in [6.45, 7) is 22.6. The Hall–Kier alpha value is 0.297. The molecule has 1 aromatic carbocycles. The number of benzene rings is 1. The minimum absolute atomic E-state index is 0.0852. The molecule has 1 aliphatic carbocycles. The van der Waals surface area contributed by atoms with E-state index in [9.17, 15) is 0 Å². The lowest BCUT2D eigenvalue weighted by molar-refractivity contribution is 0.210. The van der Waals surface area contributed by atoms with Crippen molar-refractivity contribution >= 4 is 33.7 Å². The maximum absolute atomic E-state index is 2.81. The van der Waals surface area contributed by atoms with Crippen molar-refractivity contribution in [3.63, 3.8) is 0 Å². The van der Waals surface area contributed by atoms with E-state index in [0.717, 1.165) is 17.8 Å². The lowest BCUT2D eigenvalue weighted by Gasteiger charge is -2.52. The van der Waals surface area contributed by atoms with Gasteiger partial charge in [0, 0.05) is 7.26 Å². The van der Waals surface area contributed by atoms with E-state index >= 15 is 0 Å². The lowest BCUT2D eigenvalue weighted by Crippen LogP contribution is -2.48. The molecule has 0 unspecified atom stereocenters. The zero-order valence-electron chi connectivity index (χ0n) is 21.3. The fourth-order valence-corrected chi connectivity index (χ4v) is 18.5. The summed E-state index contributed by atoms with van der Waals surface area (Å²) in [4.78, 5) is 0. The van der Waals surface area contributed by atoms with Crippen molar-refractivity contribution in [3.05, 3.63) is 23.8 Å². The van der Waals surface area contributed by atoms with E-state index in [0.29, 0.717) is 10.3 Å². The molecule has 0 N–H and O–H groups in total. The Morgan fingerprint density at radius 3 is 1.70 bits per heavy atom. The molecule has 0 spiro atoms. The highest BCUT2D eigenvalue weighted by atomic mass is 31.2. The van der Waals surface area contributed by atoms with Crippen LogP contribution in [0.4, 0.5) is 0 Å². The van der Waals surface area contributed by atoms with Crippen LogP contribution in [-0.4, -0.2) is 36.9 Å². The summed E-state index contributed by atoms with van der Waals surface area (Å²) >= 11 is 0. The Labute approximate surface area is 190 Å². The van der Waals surface area contributed by atoms with Crippen LogP contribution in [0.5, 0.6) is 0 Å². The Morgan fingerprint density at radius 1 is 0.833 bits per heavy atom. The fraction of sp³-hybridized carbons (Fsp3) is 0.778. The number of hydrogen-bond donors (Lipinski definition) is 0. The Balaban J connectivity index is 1.80. The third-order valence-electron chi connectivity index (χ3n) is 8.23. The number of rotatable bonds is 4. The molecular weight excluding hydrogens is 414 g/mol. The van der Waals surface area contributed by atoms with E-state index in [4.69, 9.17) is 0 Å². The van der Waals surface area contributed by atoms with Crippen molar-refractivity contribution in [2.45, 2.75) is 96.9 Å². The van der Waals surface area contributed by atoms with Crippen LogP contribution < -0.4 is 10.5 Å². The largest absolute Gasteiger partial charge is 0.0973 e. The van der Waals surface area contributed by atoms with Crippen LogP contribution in [0.15, 0.2) is 18.2 Å². The summed E-state index contributed by atoms with van der Waals surface area (Å²) in [7, 11) is -2.34. The van der Waals surface area contributed by atoms with Gasteiger partial charge in [-0.2, -0.15) is 0 Å². The molecule has 168 valence electrons. The summed E-state index contributed by atoms with van der Waals surface area (Å²) in [5.74, 6) is 3.21. The summed E-state index contributed by atoms with van der Waals surface area (Å²) < 4.78 is 0. The van der Waals surface area contributed by atoms with Gasteiger partial charge in [-0.3, -0.25) is 0 Å². The van der Waals surface area contributed by atoms with E-state index in [-0.39, 0.29) is 7.92 Å². The van der Waals surface area contributed by atoms with Crippen molar-refractivity contribution in [3.8, 4) is 0 Å². The summed E-state index contributed by atoms with van der Waals surface area (Å²) in [5.41, 5.74) is 1.78. The summed E-state index contributed by atoms with van der Waals surface area (Å²) in [5, 5.41) is 4.46. The average Bonchev–Trinajstić information content (AvgIpc) is 2.55. The predicted octanol–water partition coefficient (Wildman–Crippen LogP) is 7.51. The van der Waals surface area contributed by atoms with Crippen LogP contribution in [0.2, 0.25) is 19.6 Å². The predicted molar refractivity (Wildman–Crippen MR) is 145 cm³/mol. The zero-order chi connectivity index (χ0) is 22.1. The van der Waals surface area contributed by atoms with Crippen LogP contribution in [0.25, 0.3) is 0 Å². The highest BCUT2D eigenvalue weighted by Gasteiger charge is 2.58. The van der Waals surface area contributed by atoms with Gasteiger partial charge in [0.05, 0.1) is 31.9 Å². The SMILES string of the molecule is CC(C)(C)P(Cc1ccc([Si](C)(C)C)cc1[P+]12CC3CC(CC(C3)C1)C2)C(C)(C)C. The first-order chi connectivity index (χ1) is 13.7. The number of hydrogen-bond acceptors (Lipinski definition) is 0. The fourth-order valence-electron chi connectivity index (χ4n) is 7.41. The van der Waals surface area contributed by atoms with E-state index < -0.39 is 15.3 Å². The molecule has 1 saturated carbocycles. The van der Waals surface area contributed by atoms with Crippen molar-refractivity contribution in [2.24, 2.45) is 17.8 Å². The van der Waals surface area contributed by atoms with E-state index in [1.165, 1.54) is 6.16 Å². The van der Waals surface area contributed by atoms with Gasteiger partial charge in [0.1, 0.15) is 0 Å². The topological polar surface area (TPSA) is 0 Å². The molecule has 0 radical (unpaired) electrons. The second-order valence-corrected chi connectivity index (χ2v) is 26.8. The monoisotopic (exact) mass is 461 g/mol. The third kappa shape index (κ3) is 4.52. The first kappa shape index (κ1) is 23.5. The molecule has 0 atom stereocenters. The minimum atomic E-state index is -1.29. The van der Waals surface area contributed by atoms with Gasteiger partial charge < -0.3 is 0 Å². The molecule has 4 fully saturated rings. The lowest BCUT2D eigenvalue weighted by atomic mass is 9.76. The van der Waals surface area contributed by atoms with Crippen LogP contribution in [-0.2, 0) is 6.16 Å². The molecule has 3 saturated heterocycles. The van der Waals surface area contributed by atoms with Gasteiger partial charge in [-0.15, -0.1) is 0 Å². The molecule has 0 nitrogen and oxygen atoms in total. The normalized spacial score (nSPS) is 31.6. The first-order valence-electron chi connectivity index (χ1n) is 12.5. The standard InChI is InChI=1S/C27H47P2Si/c1-26(2,3)28(27(4,5)6)16-23-10-11-24(30(7,8)9)15-25(23)29-17-20-12-21(18-29)14-22(13-20)19-29/h10-11,15,20-22H,12-14,16-19H2,1-9H3/q+1.